The third kappa shape index (κ3) is 1.72. The highest BCUT2D eigenvalue weighted by atomic mass is 15.1. The molecule has 3 aliphatic rings. The summed E-state index contributed by atoms with van der Waals surface area (Å²) >= 11 is 0. The van der Waals surface area contributed by atoms with Crippen LogP contribution in [0, 0.1) is 23.7 Å². The maximum atomic E-state index is 3.79. The Morgan fingerprint density at radius 1 is 1.13 bits per heavy atom. The van der Waals surface area contributed by atoms with Gasteiger partial charge in [-0.05, 0) is 76.5 Å². The molecule has 3 rings (SSSR count). The van der Waals surface area contributed by atoms with Gasteiger partial charge in [0, 0.05) is 6.04 Å². The number of rotatable bonds is 5. The van der Waals surface area contributed by atoms with E-state index in [1.165, 1.54) is 19.5 Å². The van der Waals surface area contributed by atoms with Gasteiger partial charge in [-0.1, -0.05) is 0 Å². The molecule has 0 aromatic rings. The molecule has 86 valence electrons. The highest BCUT2D eigenvalue weighted by Gasteiger charge is 2.64. The number of fused-ring (bicyclic) bond motifs is 5. The minimum Gasteiger partial charge on any atom is -0.313 e. The lowest BCUT2D eigenvalue weighted by molar-refractivity contribution is 0.385. The molecular formula is C13H24N2. The van der Waals surface area contributed by atoms with Gasteiger partial charge in [0.25, 0.3) is 0 Å². The smallest absolute Gasteiger partial charge is 0.0136 e. The Kier molecular flexibility index (Phi) is 2.52. The van der Waals surface area contributed by atoms with E-state index in [1.807, 2.05) is 0 Å². The van der Waals surface area contributed by atoms with Crippen molar-refractivity contribution in [1.29, 1.82) is 0 Å². The summed E-state index contributed by atoms with van der Waals surface area (Å²) in [5.41, 5.74) is 0. The molecule has 3 fully saturated rings. The molecule has 0 spiro atoms. The van der Waals surface area contributed by atoms with Crippen molar-refractivity contribution in [3.8, 4) is 0 Å². The zero-order valence-electron chi connectivity index (χ0n) is 10.1. The SMILES string of the molecule is CN(C)CCCNC1C2C3CCC(C3)C12. The summed E-state index contributed by atoms with van der Waals surface area (Å²) in [4.78, 5) is 2.28. The van der Waals surface area contributed by atoms with Crippen molar-refractivity contribution < 1.29 is 0 Å². The molecule has 3 saturated carbocycles. The molecule has 0 aromatic carbocycles. The monoisotopic (exact) mass is 208 g/mol. The molecular weight excluding hydrogens is 184 g/mol. The van der Waals surface area contributed by atoms with Crippen molar-refractivity contribution in [2.45, 2.75) is 31.7 Å². The lowest BCUT2D eigenvalue weighted by Gasteiger charge is -2.12. The molecule has 0 heterocycles. The highest BCUT2D eigenvalue weighted by Crippen LogP contribution is 2.65. The summed E-state index contributed by atoms with van der Waals surface area (Å²) in [5.74, 6) is 4.43. The van der Waals surface area contributed by atoms with Gasteiger partial charge in [0.2, 0.25) is 0 Å². The van der Waals surface area contributed by atoms with Crippen LogP contribution in [-0.4, -0.2) is 38.1 Å². The highest BCUT2D eigenvalue weighted by molar-refractivity contribution is 5.16. The van der Waals surface area contributed by atoms with Crippen LogP contribution in [0.25, 0.3) is 0 Å². The number of nitrogens with zero attached hydrogens (tertiary/aromatic N) is 1. The summed E-state index contributed by atoms with van der Waals surface area (Å²) < 4.78 is 0. The van der Waals surface area contributed by atoms with Gasteiger partial charge in [-0.25, -0.2) is 0 Å². The average Bonchev–Trinajstić information content (AvgIpc) is 2.61. The van der Waals surface area contributed by atoms with Crippen molar-refractivity contribution in [2.24, 2.45) is 23.7 Å². The van der Waals surface area contributed by atoms with Gasteiger partial charge in [0.15, 0.2) is 0 Å². The summed E-state index contributed by atoms with van der Waals surface area (Å²) in [6, 6.07) is 0.929. The molecule has 0 saturated heterocycles. The second-order valence-electron chi connectivity index (χ2n) is 6.12. The number of hydrogen-bond acceptors (Lipinski definition) is 2. The maximum absolute atomic E-state index is 3.79. The van der Waals surface area contributed by atoms with Gasteiger partial charge in [-0.3, -0.25) is 0 Å². The second kappa shape index (κ2) is 3.74. The molecule has 4 atom stereocenters. The van der Waals surface area contributed by atoms with E-state index in [0.717, 1.165) is 29.7 Å². The first-order valence-corrected chi connectivity index (χ1v) is 6.65. The predicted octanol–water partition coefficient (Wildman–Crippen LogP) is 1.57. The first-order chi connectivity index (χ1) is 7.27. The Morgan fingerprint density at radius 2 is 1.80 bits per heavy atom. The van der Waals surface area contributed by atoms with E-state index in [4.69, 9.17) is 0 Å². The van der Waals surface area contributed by atoms with E-state index < -0.39 is 0 Å². The third-order valence-electron chi connectivity index (χ3n) is 4.90. The predicted molar refractivity (Wildman–Crippen MR) is 62.8 cm³/mol. The van der Waals surface area contributed by atoms with Gasteiger partial charge < -0.3 is 10.2 Å². The van der Waals surface area contributed by atoms with Crippen LogP contribution in [0.3, 0.4) is 0 Å². The van der Waals surface area contributed by atoms with Crippen molar-refractivity contribution in [3.63, 3.8) is 0 Å². The summed E-state index contributed by atoms with van der Waals surface area (Å²) in [6.45, 7) is 2.46. The zero-order valence-corrected chi connectivity index (χ0v) is 10.1. The lowest BCUT2D eigenvalue weighted by Crippen LogP contribution is -2.26. The summed E-state index contributed by atoms with van der Waals surface area (Å²) in [5, 5.41) is 3.79. The van der Waals surface area contributed by atoms with E-state index in [1.54, 1.807) is 19.3 Å². The molecule has 0 amide bonds. The van der Waals surface area contributed by atoms with Crippen LogP contribution in [0.5, 0.6) is 0 Å². The molecule has 3 aliphatic carbocycles. The first-order valence-electron chi connectivity index (χ1n) is 6.65. The molecule has 0 radical (unpaired) electrons. The molecule has 15 heavy (non-hydrogen) atoms. The topological polar surface area (TPSA) is 15.3 Å². The minimum atomic E-state index is 0.929. The van der Waals surface area contributed by atoms with E-state index in [-0.39, 0.29) is 0 Å². The number of nitrogens with one attached hydrogen (secondary N) is 1. The minimum absolute atomic E-state index is 0.929. The van der Waals surface area contributed by atoms with E-state index in [0.29, 0.717) is 0 Å². The molecule has 0 aliphatic heterocycles. The Hall–Kier alpha value is -0.0800. The standard InChI is InChI=1S/C13H24N2/c1-15(2)7-3-6-14-13-11-9-4-5-10(8-9)12(11)13/h9-14H,3-8H2,1-2H3. The quantitative estimate of drug-likeness (QED) is 0.690. The largest absolute Gasteiger partial charge is 0.313 e. The Labute approximate surface area is 93.4 Å². The van der Waals surface area contributed by atoms with E-state index in [2.05, 4.69) is 24.3 Å². The molecule has 2 bridgehead atoms. The Balaban J connectivity index is 1.37. The van der Waals surface area contributed by atoms with Crippen LogP contribution in [0.4, 0.5) is 0 Å². The molecule has 0 aromatic heterocycles. The fourth-order valence-electron chi connectivity index (χ4n) is 4.26. The molecule has 1 N–H and O–H groups in total. The first kappa shape index (κ1) is 10.1. The van der Waals surface area contributed by atoms with Gasteiger partial charge >= 0.3 is 0 Å². The van der Waals surface area contributed by atoms with E-state index in [9.17, 15) is 0 Å². The van der Waals surface area contributed by atoms with Crippen molar-refractivity contribution >= 4 is 0 Å². The Bertz CT molecular complexity index is 223. The van der Waals surface area contributed by atoms with Gasteiger partial charge in [-0.2, -0.15) is 0 Å². The van der Waals surface area contributed by atoms with E-state index >= 15 is 0 Å². The summed E-state index contributed by atoms with van der Waals surface area (Å²) in [7, 11) is 4.32. The average molecular weight is 208 g/mol. The zero-order chi connectivity index (χ0) is 10.4. The van der Waals surface area contributed by atoms with Crippen LogP contribution < -0.4 is 5.32 Å². The molecule has 2 nitrogen and oxygen atoms in total. The summed E-state index contributed by atoms with van der Waals surface area (Å²) in [6.07, 6.45) is 5.97. The van der Waals surface area contributed by atoms with Crippen LogP contribution >= 0.6 is 0 Å². The fraction of sp³-hybridized carbons (Fsp3) is 1.00. The lowest BCUT2D eigenvalue weighted by atomic mass is 10.0. The van der Waals surface area contributed by atoms with Gasteiger partial charge in [0.05, 0.1) is 0 Å². The molecule has 4 unspecified atom stereocenters. The van der Waals surface area contributed by atoms with Crippen molar-refractivity contribution in [3.05, 3.63) is 0 Å². The van der Waals surface area contributed by atoms with Gasteiger partial charge in [-0.15, -0.1) is 0 Å². The van der Waals surface area contributed by atoms with Crippen LogP contribution in [-0.2, 0) is 0 Å². The Morgan fingerprint density at radius 3 is 2.40 bits per heavy atom. The van der Waals surface area contributed by atoms with Crippen LogP contribution in [0.2, 0.25) is 0 Å². The van der Waals surface area contributed by atoms with Gasteiger partial charge in [0.1, 0.15) is 0 Å². The molecule has 2 heteroatoms. The third-order valence-corrected chi connectivity index (χ3v) is 4.90. The van der Waals surface area contributed by atoms with Crippen LogP contribution in [0.1, 0.15) is 25.7 Å². The van der Waals surface area contributed by atoms with Crippen molar-refractivity contribution in [2.75, 3.05) is 27.2 Å². The second-order valence-corrected chi connectivity index (χ2v) is 6.12. The van der Waals surface area contributed by atoms with Crippen molar-refractivity contribution in [1.82, 2.24) is 10.2 Å². The fourth-order valence-corrected chi connectivity index (χ4v) is 4.26. The maximum Gasteiger partial charge on any atom is 0.0136 e. The van der Waals surface area contributed by atoms with Crippen LogP contribution in [0.15, 0.2) is 0 Å². The number of hydrogen-bond donors (Lipinski definition) is 1. The normalized spacial score (nSPS) is 46.2.